The fourth-order valence-electron chi connectivity index (χ4n) is 9.12. The van der Waals surface area contributed by atoms with E-state index < -0.39 is 240 Å². The van der Waals surface area contributed by atoms with E-state index in [9.17, 15) is 115 Å². The van der Waals surface area contributed by atoms with Crippen LogP contribution in [0, 0.1) is 28.4 Å². The molecule has 136 heavy (non-hydrogen) atoms. The van der Waals surface area contributed by atoms with Gasteiger partial charge in [0.25, 0.3) is 47.5 Å². The van der Waals surface area contributed by atoms with Gasteiger partial charge in [-0.25, -0.2) is 0 Å². The minimum absolute atomic E-state index is 0. The molecule has 0 saturated carbocycles. The summed E-state index contributed by atoms with van der Waals surface area (Å²) in [6.45, 7) is -3.88. The van der Waals surface area contributed by atoms with Crippen LogP contribution in [-0.4, -0.2) is 328 Å². The molecular weight excluding hydrogens is 2280 g/mol. The molecule has 2 aromatic carbocycles. The molecule has 0 aliphatic heterocycles. The maximum atomic E-state index is 13.3. The number of carboxylic acids is 8. The Bertz CT molecular complexity index is 4160. The molecule has 28 N–H and O–H groups in total. The molecule has 12 atom stereocenters. The number of nitrogens with one attached hydrogen (secondary N) is 12. The zero-order valence-corrected chi connectivity index (χ0v) is 89.3. The third-order valence-corrected chi connectivity index (χ3v) is 26.4. The van der Waals surface area contributed by atoms with Crippen LogP contribution in [-0.2, 0) is 246 Å². The van der Waals surface area contributed by atoms with E-state index >= 15 is 0 Å². The minimum Gasteiger partial charge on any atom is -0.639 e. The maximum Gasteiger partial charge on any atom is 0.322 e. The van der Waals surface area contributed by atoms with Crippen molar-refractivity contribution >= 4 is 229 Å². The molecule has 744 valence electrons. The van der Waals surface area contributed by atoms with Crippen molar-refractivity contribution in [3.63, 3.8) is 0 Å². The zero-order chi connectivity index (χ0) is 99.9. The van der Waals surface area contributed by atoms with Gasteiger partial charge in [0.05, 0.1) is 0 Å². The Morgan fingerprint density at radius 2 is 0.507 bits per heavy atom. The average molecular weight is 2370 g/mol. The number of esters is 4. The Balaban J connectivity index is -0.00000124. The van der Waals surface area contributed by atoms with Gasteiger partial charge in [0.1, 0.15) is 97.1 Å². The van der Waals surface area contributed by atoms with Crippen molar-refractivity contribution in [3.05, 3.63) is 99.2 Å². The molecule has 0 aliphatic carbocycles. The number of carboxylic acid groups (broad SMARTS) is 8. The predicted octanol–water partition coefficient (Wildman–Crippen LogP) is -5.87. The van der Waals surface area contributed by atoms with E-state index in [1.165, 1.54) is 42.5 Å². The summed E-state index contributed by atoms with van der Waals surface area (Å²) in [5, 5.41) is 96.9. The summed E-state index contributed by atoms with van der Waals surface area (Å²) in [6, 6.07) is -3.20. The third-order valence-electron chi connectivity index (χ3n) is 16.1. The number of ether oxygens (including phenoxy) is 4. The van der Waals surface area contributed by atoms with Crippen LogP contribution in [0.2, 0.25) is 0 Å². The first kappa shape index (κ1) is 135. The van der Waals surface area contributed by atoms with Crippen molar-refractivity contribution in [2.45, 2.75) is 122 Å². The van der Waals surface area contributed by atoms with E-state index in [1.807, 2.05) is 0 Å². The maximum absolute atomic E-state index is 13.3. The first-order chi connectivity index (χ1) is 62.2. The molecule has 0 saturated heterocycles. The van der Waals surface area contributed by atoms with Crippen molar-refractivity contribution in [2.24, 2.45) is 22.9 Å². The normalized spacial score (nSPS) is 13.0. The molecule has 2 rings (SSSR count). The number of hydrogen-bond donors (Lipinski definition) is 24. The van der Waals surface area contributed by atoms with E-state index in [2.05, 4.69) is 111 Å². The Morgan fingerprint density at radius 1 is 0.294 bits per heavy atom. The Hall–Kier alpha value is -7.22. The molecule has 0 spiro atoms. The zero-order valence-electron chi connectivity index (χ0n) is 71.4. The first-order valence-corrected chi connectivity index (χ1v) is 47.3. The van der Waals surface area contributed by atoms with E-state index in [-0.39, 0.29) is 252 Å². The fourth-order valence-corrected chi connectivity index (χ4v) is 18.7. The quantitative estimate of drug-likeness (QED) is 0.00964. The minimum atomic E-state index is -1.38. The van der Waals surface area contributed by atoms with E-state index in [1.54, 1.807) is 0 Å². The van der Waals surface area contributed by atoms with E-state index in [0.29, 0.717) is 0 Å². The summed E-state index contributed by atoms with van der Waals surface area (Å²) in [4.78, 5) is 291. The van der Waals surface area contributed by atoms with Crippen LogP contribution in [0.5, 0.6) is 0 Å². The molecule has 2 aromatic rings. The molecule has 0 bridgehead atoms. The molecule has 0 aromatic heterocycles. The summed E-state index contributed by atoms with van der Waals surface area (Å²) in [5.74, 6) is -25.9. The second-order valence-electron chi connectivity index (χ2n) is 26.2. The van der Waals surface area contributed by atoms with Gasteiger partial charge in [-0.2, -0.15) is 28.4 Å². The second-order valence-corrected chi connectivity index (χ2v) is 36.6. The molecule has 0 fully saturated rings. The Labute approximate surface area is 906 Å². The number of benzene rings is 2. The van der Waals surface area contributed by atoms with Crippen LogP contribution < -0.4 is 86.7 Å². The predicted molar refractivity (Wildman–Crippen MR) is 473 cm³/mol. The Morgan fingerprint density at radius 3 is 0.721 bits per heavy atom. The van der Waals surface area contributed by atoms with Crippen LogP contribution in [0.15, 0.2) is 48.5 Å². The molecule has 64 heteroatoms. The SMILES string of the molecule is [CH2-]OC(=O)C(CNC(=O)c1cccc(C(=O)NCC(SSCC(NC(=O)CCC(N)C(=O)O)C(=O)NCC(=O)O)C(=O)O[CH2-])c1)SSCC(NC(=O)CCC(N)C(=O)O)C(=O)NCC(=O)O.[CH2-]OC(=O)C(CSSCC(NC(=O)CCC(N)C(=O)O)C(=O)NCC(=O)O)NC(=O)c1cccc(C(=O)NC(CSSCC(NC(=O)CCC(N)C(=O)O)C(=O)NCC(=O)O)C(=O)O[CH2-])c1.[Y].[Y].[Y].[Y]. The summed E-state index contributed by atoms with van der Waals surface area (Å²) < 4.78 is 18.2. The van der Waals surface area contributed by atoms with Gasteiger partial charge in [-0.3, -0.25) is 115 Å². The van der Waals surface area contributed by atoms with Crippen LogP contribution in [0.25, 0.3) is 0 Å². The van der Waals surface area contributed by atoms with Gasteiger partial charge < -0.3 is 147 Å². The fraction of sp³-hybridized carbons (Fsp3) is 0.444. The summed E-state index contributed by atoms with van der Waals surface area (Å²) in [6.07, 6.45) is -2.55. The first-order valence-electron chi connectivity index (χ1n) is 37.6. The average Bonchev–Trinajstić information content (AvgIpc) is 0.858. The molecule has 12 unspecified atom stereocenters. The van der Waals surface area contributed by atoms with Gasteiger partial charge in [-0.1, -0.05) is 98.5 Å². The van der Waals surface area contributed by atoms with Crippen molar-refractivity contribution in [1.29, 1.82) is 0 Å². The summed E-state index contributed by atoms with van der Waals surface area (Å²) in [5.41, 5.74) is 21.3. The summed E-state index contributed by atoms with van der Waals surface area (Å²) >= 11 is 0. The van der Waals surface area contributed by atoms with Crippen molar-refractivity contribution < 1.29 is 306 Å². The number of rotatable bonds is 64. The van der Waals surface area contributed by atoms with Crippen LogP contribution >= 0.6 is 86.4 Å². The van der Waals surface area contributed by atoms with Gasteiger partial charge in [-0.15, -0.1) is 0 Å². The van der Waals surface area contributed by atoms with Crippen LogP contribution in [0.4, 0.5) is 0 Å². The van der Waals surface area contributed by atoms with Gasteiger partial charge >= 0.3 is 47.8 Å². The van der Waals surface area contributed by atoms with Gasteiger partial charge in [0.15, 0.2) is 0 Å². The smallest absolute Gasteiger partial charge is 0.322 e. The van der Waals surface area contributed by atoms with E-state index in [0.717, 1.165) is 92.4 Å². The number of aliphatic carboxylic acids is 8. The molecular formula is C72H96N16O36S8Y4-4. The monoisotopic (exact) mass is 2370 g/mol. The van der Waals surface area contributed by atoms with Gasteiger partial charge in [0, 0.05) is 226 Å². The molecule has 4 radical (unpaired) electrons. The number of amides is 12. The van der Waals surface area contributed by atoms with Crippen molar-refractivity contribution in [2.75, 3.05) is 73.8 Å². The molecule has 0 heterocycles. The number of hydrogen-bond acceptors (Lipinski definition) is 40. The van der Waals surface area contributed by atoms with Crippen molar-refractivity contribution in [3.8, 4) is 0 Å². The van der Waals surface area contributed by atoms with Crippen LogP contribution in [0.1, 0.15) is 92.8 Å². The second kappa shape index (κ2) is 75.6. The van der Waals surface area contributed by atoms with Gasteiger partial charge in [-0.05, 0) is 62.1 Å². The Kier molecular flexibility index (Phi) is 75.1. The number of carbonyl (C=O) groups excluding carboxylic acids is 16. The van der Waals surface area contributed by atoms with E-state index in [4.69, 9.17) is 63.8 Å². The largest absolute Gasteiger partial charge is 0.639 e. The van der Waals surface area contributed by atoms with Crippen LogP contribution in [0.3, 0.4) is 0 Å². The van der Waals surface area contributed by atoms with Gasteiger partial charge in [0.2, 0.25) is 47.3 Å². The number of nitrogens with two attached hydrogens (primary N) is 4. The molecule has 52 nitrogen and oxygen atoms in total. The number of carbonyl (C=O) groups is 24. The topological polar surface area (TPSA) is 857 Å². The standard InChI is InChI=1S/2C36H48N8O18S4.4Y/c1-61-35(59)23(65-63-15-21(31(53)41-13-27(47)48)43-25(45)8-6-19(37)33(55)56)11-39-29(51)17-4-3-5-18(10-17)30(52)40-12-24(36(60)62-2)66-64-16-22(32(54)42-14-28(49)50)44-26(46)9-7-20(38)34(57)58;1-61-35(59)23(15-65-63-13-21(31(53)39-11-27(47)48)41-25(45)8-6-19(37)33(55)56)43-29(51)17-4-3-5-18(10-17)30(52)44-24(36(60)62-2)16-66-64-14-22(32(54)40-12-28(49)50)42-26(46)9-7-20(38)34(57)58;;;;/h3-5,10,19-24H,1-2,6-9,11-16,37-38H2,(H,39,51)(H,40,52)(H,41,53)(H,42,54)(H,43,45)(H,44,46)(H,47,48)(H,49,50)(H,55,56)(H,57,58);3-5,10,19-24H,1-2,6-9,11-16,37-38H2,(H,39,53)(H,40,54)(H,41,45)(H,42,46)(H,43,51)(H,44,52)(H,47,48)(H,49,50)(H,55,56)(H,57,58);;;;/q2*-2;;;;. The van der Waals surface area contributed by atoms with Crippen molar-refractivity contribution in [1.82, 2.24) is 63.8 Å². The molecule has 12 amide bonds. The molecule has 0 aliphatic rings. The summed E-state index contributed by atoms with van der Waals surface area (Å²) in [7, 11) is 19.3. The third kappa shape index (κ3) is 58.7.